The minimum atomic E-state index is 0.0238. The fraction of sp³-hybridized carbons (Fsp3) is 0.400. The van der Waals surface area contributed by atoms with Gasteiger partial charge in [0.1, 0.15) is 10.6 Å². The quantitative estimate of drug-likeness (QED) is 0.878. The third kappa shape index (κ3) is 2.23. The Labute approximate surface area is 97.2 Å². The van der Waals surface area contributed by atoms with E-state index in [0.717, 1.165) is 10.6 Å². The van der Waals surface area contributed by atoms with Crippen molar-refractivity contribution in [2.75, 3.05) is 7.11 Å². The highest BCUT2D eigenvalue weighted by Gasteiger charge is 2.15. The summed E-state index contributed by atoms with van der Waals surface area (Å²) in [5.41, 5.74) is 5.66. The van der Waals surface area contributed by atoms with E-state index in [9.17, 15) is 0 Å². The predicted molar refractivity (Wildman–Crippen MR) is 61.5 cm³/mol. The van der Waals surface area contributed by atoms with Crippen molar-refractivity contribution in [1.82, 2.24) is 10.1 Å². The average Bonchev–Trinajstić information content (AvgIpc) is 2.83. The van der Waals surface area contributed by atoms with E-state index in [0.29, 0.717) is 18.1 Å². The monoisotopic (exact) mass is 239 g/mol. The van der Waals surface area contributed by atoms with Gasteiger partial charge in [-0.2, -0.15) is 4.98 Å². The summed E-state index contributed by atoms with van der Waals surface area (Å²) in [4.78, 5) is 5.13. The number of hydrogen-bond donors (Lipinski definition) is 1. The smallest absolute Gasteiger partial charge is 0.271 e. The first-order valence-corrected chi connectivity index (χ1v) is 5.78. The summed E-state index contributed by atoms with van der Waals surface area (Å²) >= 11 is 1.51. The number of rotatable bonds is 4. The summed E-state index contributed by atoms with van der Waals surface area (Å²) in [6.07, 6.45) is 0.608. The van der Waals surface area contributed by atoms with Crippen molar-refractivity contribution < 1.29 is 9.26 Å². The minimum Gasteiger partial charge on any atom is -0.495 e. The van der Waals surface area contributed by atoms with Gasteiger partial charge in [0.25, 0.3) is 5.89 Å². The van der Waals surface area contributed by atoms with Crippen LogP contribution < -0.4 is 10.5 Å². The minimum absolute atomic E-state index is 0.0238. The molecule has 1 atom stereocenters. The molecular formula is C10H13N3O2S. The van der Waals surface area contributed by atoms with Gasteiger partial charge >= 0.3 is 0 Å². The van der Waals surface area contributed by atoms with E-state index < -0.39 is 0 Å². The molecule has 2 rings (SSSR count). The zero-order valence-electron chi connectivity index (χ0n) is 9.14. The van der Waals surface area contributed by atoms with Crippen molar-refractivity contribution in [2.45, 2.75) is 19.4 Å². The van der Waals surface area contributed by atoms with Gasteiger partial charge in [0, 0.05) is 12.5 Å². The van der Waals surface area contributed by atoms with Gasteiger partial charge in [0.2, 0.25) is 0 Å². The molecule has 0 saturated carbocycles. The van der Waals surface area contributed by atoms with E-state index in [4.69, 9.17) is 15.0 Å². The van der Waals surface area contributed by atoms with Crippen LogP contribution in [0.1, 0.15) is 12.7 Å². The molecule has 16 heavy (non-hydrogen) atoms. The standard InChI is InChI=1S/C10H13N3O2S/c1-6(11)5-8-12-10(15-13-8)9-7(14-2)3-4-16-9/h3-4,6H,5,11H2,1-2H3. The number of aromatic nitrogens is 2. The third-order valence-corrected chi connectivity index (χ3v) is 2.90. The molecule has 2 heterocycles. The molecular weight excluding hydrogens is 226 g/mol. The van der Waals surface area contributed by atoms with E-state index in [-0.39, 0.29) is 6.04 Å². The van der Waals surface area contributed by atoms with Crippen molar-refractivity contribution in [3.63, 3.8) is 0 Å². The first-order valence-electron chi connectivity index (χ1n) is 4.90. The molecule has 2 aromatic heterocycles. The molecule has 0 saturated heterocycles. The molecule has 0 amide bonds. The number of methoxy groups -OCH3 is 1. The maximum atomic E-state index is 5.66. The first-order chi connectivity index (χ1) is 7.70. The van der Waals surface area contributed by atoms with E-state index in [1.807, 2.05) is 18.4 Å². The molecule has 6 heteroatoms. The highest BCUT2D eigenvalue weighted by Crippen LogP contribution is 2.33. The maximum absolute atomic E-state index is 5.66. The molecule has 0 aliphatic rings. The van der Waals surface area contributed by atoms with Gasteiger partial charge in [0.05, 0.1) is 7.11 Å². The third-order valence-electron chi connectivity index (χ3n) is 2.02. The van der Waals surface area contributed by atoms with Gasteiger partial charge in [-0.25, -0.2) is 0 Å². The van der Waals surface area contributed by atoms with Gasteiger partial charge in [-0.1, -0.05) is 5.16 Å². The molecule has 0 spiro atoms. The summed E-state index contributed by atoms with van der Waals surface area (Å²) < 4.78 is 10.4. The molecule has 2 N–H and O–H groups in total. The highest BCUT2D eigenvalue weighted by molar-refractivity contribution is 7.13. The number of nitrogens with two attached hydrogens (primary N) is 1. The van der Waals surface area contributed by atoms with Crippen molar-refractivity contribution in [3.8, 4) is 16.5 Å². The average molecular weight is 239 g/mol. The van der Waals surface area contributed by atoms with Crippen molar-refractivity contribution in [2.24, 2.45) is 5.73 Å². The molecule has 0 aliphatic carbocycles. The van der Waals surface area contributed by atoms with Gasteiger partial charge in [-0.15, -0.1) is 11.3 Å². The second-order valence-electron chi connectivity index (χ2n) is 3.52. The molecule has 0 aromatic carbocycles. The zero-order chi connectivity index (χ0) is 11.5. The normalized spacial score (nSPS) is 12.7. The van der Waals surface area contributed by atoms with Crippen LogP contribution in [-0.2, 0) is 6.42 Å². The molecule has 0 fully saturated rings. The molecule has 0 bridgehead atoms. The van der Waals surface area contributed by atoms with E-state index in [2.05, 4.69) is 10.1 Å². The summed E-state index contributed by atoms with van der Waals surface area (Å²) in [6.45, 7) is 1.90. The lowest BCUT2D eigenvalue weighted by Gasteiger charge is -1.97. The zero-order valence-corrected chi connectivity index (χ0v) is 9.95. The summed E-state index contributed by atoms with van der Waals surface area (Å²) in [6, 6.07) is 1.89. The van der Waals surface area contributed by atoms with E-state index in [1.54, 1.807) is 7.11 Å². The maximum Gasteiger partial charge on any atom is 0.271 e. The van der Waals surface area contributed by atoms with E-state index in [1.165, 1.54) is 11.3 Å². The Kier molecular flexibility index (Phi) is 3.21. The van der Waals surface area contributed by atoms with Crippen LogP contribution in [0, 0.1) is 0 Å². The van der Waals surface area contributed by atoms with Crippen LogP contribution in [0.3, 0.4) is 0 Å². The number of ether oxygens (including phenoxy) is 1. The SMILES string of the molecule is COc1ccsc1-c1nc(CC(C)N)no1. The van der Waals surface area contributed by atoms with Crippen LogP contribution in [-0.4, -0.2) is 23.3 Å². The predicted octanol–water partition coefficient (Wildman–Crippen LogP) is 1.70. The Morgan fingerprint density at radius 3 is 3.12 bits per heavy atom. The van der Waals surface area contributed by atoms with Crippen LogP contribution in [0.25, 0.3) is 10.8 Å². The summed E-state index contributed by atoms with van der Waals surface area (Å²) in [7, 11) is 1.62. The Balaban J connectivity index is 2.24. The molecule has 5 nitrogen and oxygen atoms in total. The van der Waals surface area contributed by atoms with Crippen LogP contribution in [0.4, 0.5) is 0 Å². The van der Waals surface area contributed by atoms with Crippen molar-refractivity contribution in [3.05, 3.63) is 17.3 Å². The number of hydrogen-bond acceptors (Lipinski definition) is 6. The lowest BCUT2D eigenvalue weighted by Crippen LogP contribution is -2.18. The summed E-state index contributed by atoms with van der Waals surface area (Å²) in [5, 5.41) is 5.79. The van der Waals surface area contributed by atoms with E-state index >= 15 is 0 Å². The second kappa shape index (κ2) is 4.63. The fourth-order valence-electron chi connectivity index (χ4n) is 1.33. The van der Waals surface area contributed by atoms with Crippen molar-refractivity contribution >= 4 is 11.3 Å². The molecule has 86 valence electrons. The Hall–Kier alpha value is -1.40. The van der Waals surface area contributed by atoms with Crippen LogP contribution in [0.5, 0.6) is 5.75 Å². The first kappa shape index (κ1) is 11.1. The molecule has 1 unspecified atom stereocenters. The fourth-order valence-corrected chi connectivity index (χ4v) is 2.11. The lowest BCUT2D eigenvalue weighted by molar-refractivity contribution is 0.404. The highest BCUT2D eigenvalue weighted by atomic mass is 32.1. The summed E-state index contributed by atoms with van der Waals surface area (Å²) in [5.74, 6) is 1.86. The van der Waals surface area contributed by atoms with Crippen molar-refractivity contribution in [1.29, 1.82) is 0 Å². The Morgan fingerprint density at radius 2 is 2.44 bits per heavy atom. The van der Waals surface area contributed by atoms with Gasteiger partial charge in [-0.05, 0) is 18.4 Å². The topological polar surface area (TPSA) is 74.2 Å². The van der Waals surface area contributed by atoms with Gasteiger partial charge < -0.3 is 15.0 Å². The number of nitrogens with zero attached hydrogens (tertiary/aromatic N) is 2. The molecule has 2 aromatic rings. The molecule has 0 radical (unpaired) electrons. The lowest BCUT2D eigenvalue weighted by atomic mass is 10.2. The molecule has 0 aliphatic heterocycles. The van der Waals surface area contributed by atoms with Crippen LogP contribution in [0.15, 0.2) is 16.0 Å². The van der Waals surface area contributed by atoms with Crippen LogP contribution >= 0.6 is 11.3 Å². The van der Waals surface area contributed by atoms with Gasteiger partial charge in [0.15, 0.2) is 5.82 Å². The largest absolute Gasteiger partial charge is 0.495 e. The Morgan fingerprint density at radius 1 is 1.62 bits per heavy atom. The van der Waals surface area contributed by atoms with Crippen LogP contribution in [0.2, 0.25) is 0 Å². The van der Waals surface area contributed by atoms with Gasteiger partial charge in [-0.3, -0.25) is 0 Å². The number of thiophene rings is 1. The Bertz CT molecular complexity index is 464. The second-order valence-corrected chi connectivity index (χ2v) is 4.43.